The maximum atomic E-state index is 13.3. The Morgan fingerprint density at radius 3 is 2.29 bits per heavy atom. The zero-order valence-electron chi connectivity index (χ0n) is 13.8. The summed E-state index contributed by atoms with van der Waals surface area (Å²) >= 11 is -2.45. The molecule has 0 saturated heterocycles. The van der Waals surface area contributed by atoms with Crippen LogP contribution < -0.4 is 0 Å². The SMILES string of the molecule is CC(=O)OI1c2ccccc2C(=O)N1C12CC3CC(CC(C3)C1)C2. The second kappa shape index (κ2) is 5.19. The first kappa shape index (κ1) is 15.2. The number of rotatable bonds is 2. The van der Waals surface area contributed by atoms with Gasteiger partial charge in [0.05, 0.1) is 0 Å². The molecule has 6 rings (SSSR count). The van der Waals surface area contributed by atoms with Gasteiger partial charge in [0, 0.05) is 0 Å². The Morgan fingerprint density at radius 1 is 1.12 bits per heavy atom. The van der Waals surface area contributed by atoms with E-state index in [4.69, 9.17) is 3.07 Å². The summed E-state index contributed by atoms with van der Waals surface area (Å²) in [5.74, 6) is 2.17. The number of halogens is 1. The van der Waals surface area contributed by atoms with Crippen molar-refractivity contribution in [3.05, 3.63) is 33.4 Å². The molecule has 1 aromatic carbocycles. The molecule has 24 heavy (non-hydrogen) atoms. The third-order valence-electron chi connectivity index (χ3n) is 6.21. The first-order valence-corrected chi connectivity index (χ1v) is 11.8. The summed E-state index contributed by atoms with van der Waals surface area (Å²) < 4.78 is 8.96. The van der Waals surface area contributed by atoms with Gasteiger partial charge in [-0.3, -0.25) is 0 Å². The molecule has 4 bridgehead atoms. The Labute approximate surface area is 150 Å². The minimum atomic E-state index is -2.45. The first-order valence-electron chi connectivity index (χ1n) is 8.88. The van der Waals surface area contributed by atoms with Crippen LogP contribution in [0.3, 0.4) is 0 Å². The van der Waals surface area contributed by atoms with Crippen LogP contribution in [0.5, 0.6) is 0 Å². The number of nitrogens with zero attached hydrogens (tertiary/aromatic N) is 1. The van der Waals surface area contributed by atoms with E-state index in [1.807, 2.05) is 24.3 Å². The molecule has 5 heteroatoms. The summed E-state index contributed by atoms with van der Waals surface area (Å²) in [4.78, 5) is 25.0. The zero-order valence-corrected chi connectivity index (χ0v) is 16.0. The molecule has 1 amide bonds. The van der Waals surface area contributed by atoms with Crippen molar-refractivity contribution in [1.29, 1.82) is 0 Å². The van der Waals surface area contributed by atoms with Gasteiger partial charge in [-0.15, -0.1) is 0 Å². The van der Waals surface area contributed by atoms with Gasteiger partial charge in [-0.25, -0.2) is 0 Å². The van der Waals surface area contributed by atoms with Crippen molar-refractivity contribution < 1.29 is 12.7 Å². The molecule has 0 spiro atoms. The van der Waals surface area contributed by atoms with Gasteiger partial charge in [-0.1, -0.05) is 0 Å². The quantitative estimate of drug-likeness (QED) is 0.513. The average molecular weight is 439 g/mol. The number of benzene rings is 1. The number of hydrogen-bond donors (Lipinski definition) is 0. The van der Waals surface area contributed by atoms with E-state index in [9.17, 15) is 9.59 Å². The Morgan fingerprint density at radius 2 is 1.71 bits per heavy atom. The molecule has 0 atom stereocenters. The van der Waals surface area contributed by atoms with Gasteiger partial charge in [0.25, 0.3) is 0 Å². The minimum absolute atomic E-state index is 0.0366. The van der Waals surface area contributed by atoms with Crippen LogP contribution in [0.2, 0.25) is 0 Å². The van der Waals surface area contributed by atoms with E-state index in [0.29, 0.717) is 0 Å². The van der Waals surface area contributed by atoms with Crippen molar-refractivity contribution >= 4 is 32.4 Å². The van der Waals surface area contributed by atoms with Crippen LogP contribution in [-0.4, -0.2) is 20.5 Å². The van der Waals surface area contributed by atoms with Crippen molar-refractivity contribution in [3.8, 4) is 0 Å². The van der Waals surface area contributed by atoms with E-state index in [1.165, 1.54) is 26.2 Å². The maximum absolute atomic E-state index is 13.3. The van der Waals surface area contributed by atoms with Crippen LogP contribution in [0.4, 0.5) is 0 Å². The van der Waals surface area contributed by atoms with Crippen molar-refractivity contribution in [2.45, 2.75) is 51.0 Å². The predicted octanol–water partition coefficient (Wildman–Crippen LogP) is 4.18. The van der Waals surface area contributed by atoms with E-state index in [2.05, 4.69) is 3.11 Å². The molecular weight excluding hydrogens is 417 g/mol. The number of carbonyl (C=O) groups is 2. The molecular formula is C19H22INO3. The molecule has 4 aliphatic carbocycles. The Balaban J connectivity index is 1.59. The number of hydrogen-bond acceptors (Lipinski definition) is 3. The third kappa shape index (κ3) is 2.09. The molecule has 1 heterocycles. The van der Waals surface area contributed by atoms with E-state index < -0.39 is 20.5 Å². The normalized spacial score (nSPS) is 37.7. The molecule has 0 unspecified atom stereocenters. The summed E-state index contributed by atoms with van der Waals surface area (Å²) in [5, 5.41) is 0. The van der Waals surface area contributed by atoms with Crippen LogP contribution in [-0.2, 0) is 7.86 Å². The van der Waals surface area contributed by atoms with Gasteiger partial charge < -0.3 is 0 Å². The second-order valence-corrected chi connectivity index (χ2v) is 11.9. The molecule has 0 N–H and O–H groups in total. The molecule has 0 radical (unpaired) electrons. The first-order chi connectivity index (χ1) is 11.6. The van der Waals surface area contributed by atoms with Gasteiger partial charge in [-0.2, -0.15) is 0 Å². The van der Waals surface area contributed by atoms with E-state index >= 15 is 0 Å². The molecule has 4 nitrogen and oxygen atoms in total. The Kier molecular flexibility index (Phi) is 3.28. The fourth-order valence-electron chi connectivity index (χ4n) is 5.90. The standard InChI is InChI=1S/C19H22INO3/c1-12(22)24-20-17-5-3-2-4-16(17)18(23)21(20)19-9-13-6-14(10-19)8-15(7-13)11-19/h2-5,13-15H,6-11H2,1H3. The molecule has 4 saturated carbocycles. The van der Waals surface area contributed by atoms with Crippen LogP contribution in [0.25, 0.3) is 0 Å². The molecule has 4 fully saturated rings. The Bertz CT molecular complexity index is 696. The third-order valence-corrected chi connectivity index (χ3v) is 11.5. The van der Waals surface area contributed by atoms with Gasteiger partial charge in [-0.05, 0) is 0 Å². The van der Waals surface area contributed by atoms with Crippen molar-refractivity contribution in [2.24, 2.45) is 17.8 Å². The van der Waals surface area contributed by atoms with Gasteiger partial charge in [0.2, 0.25) is 0 Å². The second-order valence-electron chi connectivity index (χ2n) is 8.01. The summed E-state index contributed by atoms with van der Waals surface area (Å²) in [6.07, 6.45) is 7.39. The zero-order chi connectivity index (χ0) is 16.5. The molecule has 5 aliphatic rings. The van der Waals surface area contributed by atoms with Crippen molar-refractivity contribution in [2.75, 3.05) is 0 Å². The molecule has 128 valence electrons. The van der Waals surface area contributed by atoms with Crippen molar-refractivity contribution in [3.63, 3.8) is 0 Å². The number of amides is 1. The van der Waals surface area contributed by atoms with Gasteiger partial charge in [0.15, 0.2) is 0 Å². The van der Waals surface area contributed by atoms with Crippen LogP contribution in [0.1, 0.15) is 55.8 Å². The average Bonchev–Trinajstić information content (AvgIpc) is 2.79. The number of carbonyl (C=O) groups excluding carboxylic acids is 2. The van der Waals surface area contributed by atoms with E-state index in [0.717, 1.165) is 46.1 Å². The van der Waals surface area contributed by atoms with E-state index in [1.54, 1.807) is 0 Å². The van der Waals surface area contributed by atoms with Crippen LogP contribution in [0, 0.1) is 21.3 Å². The molecule has 0 aromatic heterocycles. The molecule has 1 aliphatic heterocycles. The van der Waals surface area contributed by atoms with Crippen LogP contribution >= 0.6 is 20.5 Å². The van der Waals surface area contributed by atoms with E-state index in [-0.39, 0.29) is 17.4 Å². The number of fused-ring (bicyclic) bond motifs is 1. The fourth-order valence-corrected chi connectivity index (χ4v) is 11.0. The summed E-state index contributed by atoms with van der Waals surface area (Å²) in [5.41, 5.74) is 0.741. The van der Waals surface area contributed by atoms with Crippen LogP contribution in [0.15, 0.2) is 24.3 Å². The van der Waals surface area contributed by atoms with Gasteiger partial charge >= 0.3 is 150 Å². The van der Waals surface area contributed by atoms with Crippen molar-refractivity contribution in [1.82, 2.24) is 3.11 Å². The Hall–Kier alpha value is -1.11. The predicted molar refractivity (Wildman–Crippen MR) is 98.0 cm³/mol. The monoisotopic (exact) mass is 439 g/mol. The van der Waals surface area contributed by atoms with Gasteiger partial charge in [0.1, 0.15) is 0 Å². The summed E-state index contributed by atoms with van der Waals surface area (Å²) in [7, 11) is 0. The summed E-state index contributed by atoms with van der Waals surface area (Å²) in [6.45, 7) is 1.47. The summed E-state index contributed by atoms with van der Waals surface area (Å²) in [6, 6.07) is 7.79. The topological polar surface area (TPSA) is 46.6 Å². The fraction of sp³-hybridized carbons (Fsp3) is 0.579. The molecule has 1 aromatic rings.